The van der Waals surface area contributed by atoms with E-state index in [0.29, 0.717) is 44.4 Å². The highest BCUT2D eigenvalue weighted by Crippen LogP contribution is 2.31. The lowest BCUT2D eigenvalue weighted by Gasteiger charge is -2.37. The van der Waals surface area contributed by atoms with Crippen LogP contribution >= 0.6 is 24.0 Å². The number of aliphatic imine (C=N–C) groups is 1. The van der Waals surface area contributed by atoms with Gasteiger partial charge in [-0.25, -0.2) is 9.38 Å². The summed E-state index contributed by atoms with van der Waals surface area (Å²) in [5.74, 6) is 0.274. The molecule has 1 aliphatic rings. The Morgan fingerprint density at radius 3 is 2.43 bits per heavy atom. The SMILES string of the molecule is CCNC(=NCc1cn(C)nc1C(F)(F)F)N1CCN(c2ccccc2F)CC1.I. The van der Waals surface area contributed by atoms with Crippen molar-refractivity contribution in [2.24, 2.45) is 12.0 Å². The first-order valence-electron chi connectivity index (χ1n) is 9.42. The molecule has 166 valence electrons. The molecule has 0 bridgehead atoms. The number of piperazine rings is 1. The first-order chi connectivity index (χ1) is 13.8. The Kier molecular flexibility index (Phi) is 8.33. The Balaban J connectivity index is 0.00000320. The number of aryl methyl sites for hydroxylation is 1. The molecule has 1 N–H and O–H groups in total. The Hall–Kier alpha value is -2.05. The number of alkyl halides is 3. The minimum atomic E-state index is -4.52. The van der Waals surface area contributed by atoms with E-state index in [-0.39, 0.29) is 41.9 Å². The highest BCUT2D eigenvalue weighted by atomic mass is 127. The predicted octanol–water partition coefficient (Wildman–Crippen LogP) is 3.48. The van der Waals surface area contributed by atoms with E-state index in [1.807, 2.05) is 16.7 Å². The van der Waals surface area contributed by atoms with E-state index in [0.717, 1.165) is 4.68 Å². The molecule has 2 aromatic rings. The minimum absolute atomic E-state index is 0. The second kappa shape index (κ2) is 10.3. The molecular weight excluding hydrogens is 515 g/mol. The van der Waals surface area contributed by atoms with Gasteiger partial charge in [-0.15, -0.1) is 24.0 Å². The first-order valence-corrected chi connectivity index (χ1v) is 9.42. The van der Waals surface area contributed by atoms with Gasteiger partial charge in [0, 0.05) is 51.5 Å². The van der Waals surface area contributed by atoms with E-state index in [4.69, 9.17) is 0 Å². The van der Waals surface area contributed by atoms with E-state index in [1.165, 1.54) is 19.3 Å². The molecular formula is C19H25F4IN6. The number of benzene rings is 1. The number of hydrogen-bond acceptors (Lipinski definition) is 3. The summed E-state index contributed by atoms with van der Waals surface area (Å²) < 4.78 is 54.6. The van der Waals surface area contributed by atoms with Crippen LogP contribution in [0.5, 0.6) is 0 Å². The van der Waals surface area contributed by atoms with Crippen molar-refractivity contribution in [2.45, 2.75) is 19.6 Å². The predicted molar refractivity (Wildman–Crippen MR) is 119 cm³/mol. The van der Waals surface area contributed by atoms with Crippen molar-refractivity contribution in [3.63, 3.8) is 0 Å². The Morgan fingerprint density at radius 1 is 1.17 bits per heavy atom. The van der Waals surface area contributed by atoms with Crippen LogP contribution in [0.3, 0.4) is 0 Å². The quantitative estimate of drug-likeness (QED) is 0.280. The van der Waals surface area contributed by atoms with Crippen LogP contribution in [0.1, 0.15) is 18.2 Å². The van der Waals surface area contributed by atoms with Crippen molar-refractivity contribution in [3.05, 3.63) is 47.5 Å². The van der Waals surface area contributed by atoms with Gasteiger partial charge in [0.15, 0.2) is 11.7 Å². The summed E-state index contributed by atoms with van der Waals surface area (Å²) >= 11 is 0. The summed E-state index contributed by atoms with van der Waals surface area (Å²) in [6.45, 7) is 4.71. The van der Waals surface area contributed by atoms with Gasteiger partial charge in [0.1, 0.15) is 5.82 Å². The molecule has 0 radical (unpaired) electrons. The number of para-hydroxylation sites is 1. The molecule has 0 amide bonds. The Bertz CT molecular complexity index is 859. The fourth-order valence-corrected chi connectivity index (χ4v) is 3.35. The van der Waals surface area contributed by atoms with Gasteiger partial charge in [-0.05, 0) is 19.1 Å². The van der Waals surface area contributed by atoms with Crippen LogP contribution in [0.15, 0.2) is 35.5 Å². The maximum absolute atomic E-state index is 14.0. The van der Waals surface area contributed by atoms with Crippen LogP contribution in [0.2, 0.25) is 0 Å². The molecule has 0 atom stereocenters. The smallest absolute Gasteiger partial charge is 0.366 e. The molecule has 6 nitrogen and oxygen atoms in total. The van der Waals surface area contributed by atoms with Crippen LogP contribution in [0.25, 0.3) is 0 Å². The van der Waals surface area contributed by atoms with Gasteiger partial charge in [0.25, 0.3) is 0 Å². The third-order valence-electron chi connectivity index (χ3n) is 4.68. The second-order valence-electron chi connectivity index (χ2n) is 6.77. The van der Waals surface area contributed by atoms with Crippen LogP contribution < -0.4 is 10.2 Å². The maximum Gasteiger partial charge on any atom is 0.435 e. The van der Waals surface area contributed by atoms with Crippen molar-refractivity contribution in [1.82, 2.24) is 20.0 Å². The summed E-state index contributed by atoms with van der Waals surface area (Å²) in [5, 5.41) is 6.64. The topological polar surface area (TPSA) is 48.7 Å². The van der Waals surface area contributed by atoms with Crippen molar-refractivity contribution in [3.8, 4) is 0 Å². The van der Waals surface area contributed by atoms with Crippen LogP contribution in [-0.2, 0) is 19.8 Å². The molecule has 1 aliphatic heterocycles. The number of aromatic nitrogens is 2. The van der Waals surface area contributed by atoms with E-state index < -0.39 is 11.9 Å². The minimum Gasteiger partial charge on any atom is -0.366 e. The molecule has 1 fully saturated rings. The number of anilines is 1. The lowest BCUT2D eigenvalue weighted by Crippen LogP contribution is -2.52. The van der Waals surface area contributed by atoms with Crippen molar-refractivity contribution >= 4 is 35.6 Å². The number of guanidine groups is 1. The average Bonchev–Trinajstić information content (AvgIpc) is 3.07. The maximum atomic E-state index is 14.0. The number of hydrogen-bond donors (Lipinski definition) is 1. The molecule has 0 unspecified atom stereocenters. The molecule has 1 aromatic carbocycles. The third kappa shape index (κ3) is 5.76. The van der Waals surface area contributed by atoms with Gasteiger partial charge in [-0.2, -0.15) is 18.3 Å². The zero-order valence-electron chi connectivity index (χ0n) is 16.8. The number of rotatable bonds is 4. The molecule has 2 heterocycles. The molecule has 30 heavy (non-hydrogen) atoms. The highest BCUT2D eigenvalue weighted by molar-refractivity contribution is 14.0. The Labute approximate surface area is 190 Å². The zero-order chi connectivity index (χ0) is 21.0. The molecule has 0 saturated carbocycles. The van der Waals surface area contributed by atoms with Gasteiger partial charge in [0.2, 0.25) is 0 Å². The summed E-state index contributed by atoms with van der Waals surface area (Å²) in [4.78, 5) is 8.33. The largest absolute Gasteiger partial charge is 0.435 e. The monoisotopic (exact) mass is 540 g/mol. The summed E-state index contributed by atoms with van der Waals surface area (Å²) in [5.41, 5.74) is -0.330. The van der Waals surface area contributed by atoms with Gasteiger partial charge < -0.3 is 15.1 Å². The normalized spacial score (nSPS) is 15.2. The van der Waals surface area contributed by atoms with Crippen LogP contribution in [0.4, 0.5) is 23.2 Å². The molecule has 11 heteroatoms. The van der Waals surface area contributed by atoms with Crippen molar-refractivity contribution in [1.29, 1.82) is 0 Å². The van der Waals surface area contributed by atoms with Gasteiger partial charge >= 0.3 is 6.18 Å². The fraction of sp³-hybridized carbons (Fsp3) is 0.474. The van der Waals surface area contributed by atoms with Gasteiger partial charge in [0.05, 0.1) is 12.2 Å². The van der Waals surface area contributed by atoms with E-state index >= 15 is 0 Å². The average molecular weight is 540 g/mol. The van der Waals surface area contributed by atoms with E-state index in [9.17, 15) is 17.6 Å². The fourth-order valence-electron chi connectivity index (χ4n) is 3.35. The molecule has 0 spiro atoms. The van der Waals surface area contributed by atoms with Crippen LogP contribution in [-0.4, -0.2) is 53.4 Å². The van der Waals surface area contributed by atoms with Crippen molar-refractivity contribution < 1.29 is 17.6 Å². The van der Waals surface area contributed by atoms with Crippen molar-refractivity contribution in [2.75, 3.05) is 37.6 Å². The molecule has 3 rings (SSSR count). The second-order valence-corrected chi connectivity index (χ2v) is 6.77. The summed E-state index contributed by atoms with van der Waals surface area (Å²) in [6.07, 6.45) is -3.18. The first kappa shape index (κ1) is 24.2. The summed E-state index contributed by atoms with van der Waals surface area (Å²) in [6, 6.07) is 6.62. The molecule has 1 aromatic heterocycles. The lowest BCUT2D eigenvalue weighted by atomic mass is 10.2. The number of nitrogens with one attached hydrogen (secondary N) is 1. The third-order valence-corrected chi connectivity index (χ3v) is 4.68. The molecule has 1 saturated heterocycles. The number of nitrogens with zero attached hydrogens (tertiary/aromatic N) is 5. The zero-order valence-corrected chi connectivity index (χ0v) is 19.1. The number of halogens is 5. The summed E-state index contributed by atoms with van der Waals surface area (Å²) in [7, 11) is 1.45. The molecule has 0 aliphatic carbocycles. The lowest BCUT2D eigenvalue weighted by molar-refractivity contribution is -0.142. The van der Waals surface area contributed by atoms with Gasteiger partial charge in [-0.3, -0.25) is 4.68 Å². The van der Waals surface area contributed by atoms with E-state index in [1.54, 1.807) is 18.2 Å². The van der Waals surface area contributed by atoms with Crippen LogP contribution in [0, 0.1) is 5.82 Å². The standard InChI is InChI=1S/C19H24F4N6.HI/c1-3-24-18(25-12-14-13-27(2)26-17(14)19(21,22)23)29-10-8-28(9-11-29)16-7-5-4-6-15(16)20;/h4-7,13H,3,8-12H2,1-2H3,(H,24,25);1H. The van der Waals surface area contributed by atoms with Gasteiger partial charge in [-0.1, -0.05) is 12.1 Å². The Morgan fingerprint density at radius 2 is 1.83 bits per heavy atom. The highest BCUT2D eigenvalue weighted by Gasteiger charge is 2.36. The van der Waals surface area contributed by atoms with E-state index in [2.05, 4.69) is 15.4 Å².